The molecule has 6 heteroatoms. The van der Waals surface area contributed by atoms with E-state index < -0.39 is 6.61 Å². The Morgan fingerprint density at radius 3 is 2.70 bits per heavy atom. The van der Waals surface area contributed by atoms with Gasteiger partial charge in [-0.3, -0.25) is 0 Å². The van der Waals surface area contributed by atoms with Crippen molar-refractivity contribution < 1.29 is 18.3 Å². The lowest BCUT2D eigenvalue weighted by atomic mass is 10.1. The van der Waals surface area contributed by atoms with Gasteiger partial charge in [-0.1, -0.05) is 19.1 Å². The summed E-state index contributed by atoms with van der Waals surface area (Å²) < 4.78 is 34.6. The quantitative estimate of drug-likeness (QED) is 0.756. The van der Waals surface area contributed by atoms with E-state index in [1.54, 1.807) is 18.2 Å². The van der Waals surface area contributed by atoms with Crippen LogP contribution in [0, 0.1) is 0 Å². The van der Waals surface area contributed by atoms with Crippen LogP contribution in [0.3, 0.4) is 0 Å². The number of benzene rings is 1. The molecule has 0 bridgehead atoms. The van der Waals surface area contributed by atoms with E-state index in [2.05, 4.69) is 23.9 Å². The first kappa shape index (κ1) is 17.0. The highest BCUT2D eigenvalue weighted by Gasteiger charge is 2.15. The average Bonchev–Trinajstić information content (AvgIpc) is 2.43. The van der Waals surface area contributed by atoms with Crippen molar-refractivity contribution in [3.05, 3.63) is 23.8 Å². The van der Waals surface area contributed by atoms with E-state index in [4.69, 9.17) is 4.74 Å². The van der Waals surface area contributed by atoms with Gasteiger partial charge in [0.15, 0.2) is 11.5 Å². The summed E-state index contributed by atoms with van der Waals surface area (Å²) in [5, 5.41) is 3.30. The van der Waals surface area contributed by atoms with Crippen LogP contribution in [0.5, 0.6) is 11.5 Å². The number of methoxy groups -OCH3 is 1. The molecule has 0 aliphatic heterocycles. The van der Waals surface area contributed by atoms with Gasteiger partial charge in [0.25, 0.3) is 0 Å². The Bertz CT molecular complexity index is 405. The van der Waals surface area contributed by atoms with E-state index in [1.807, 2.05) is 11.8 Å². The highest BCUT2D eigenvalue weighted by Crippen LogP contribution is 2.32. The smallest absolute Gasteiger partial charge is 0.387 e. The Kier molecular flexibility index (Phi) is 7.69. The van der Waals surface area contributed by atoms with Crippen molar-refractivity contribution in [1.82, 2.24) is 5.32 Å². The fraction of sp³-hybridized carbons (Fsp3) is 0.571. The maximum atomic E-state index is 12.5. The van der Waals surface area contributed by atoms with E-state index in [0.29, 0.717) is 23.9 Å². The van der Waals surface area contributed by atoms with E-state index >= 15 is 0 Å². The minimum Gasteiger partial charge on any atom is -0.493 e. The number of nitrogens with one attached hydrogen (secondary N) is 1. The van der Waals surface area contributed by atoms with Gasteiger partial charge in [-0.15, -0.1) is 0 Å². The van der Waals surface area contributed by atoms with Crippen LogP contribution >= 0.6 is 11.8 Å². The minimum absolute atomic E-state index is 0.104. The van der Waals surface area contributed by atoms with Crippen LogP contribution in [0.2, 0.25) is 0 Å². The lowest BCUT2D eigenvalue weighted by molar-refractivity contribution is -0.0518. The summed E-state index contributed by atoms with van der Waals surface area (Å²) in [6.07, 6.45) is 0. The van der Waals surface area contributed by atoms with Gasteiger partial charge in [-0.2, -0.15) is 20.5 Å². The maximum absolute atomic E-state index is 12.5. The number of rotatable bonds is 9. The number of hydrogen-bond donors (Lipinski definition) is 1. The zero-order valence-electron chi connectivity index (χ0n) is 12.0. The molecule has 0 radical (unpaired) electrons. The lowest BCUT2D eigenvalue weighted by Gasteiger charge is -2.17. The van der Waals surface area contributed by atoms with Gasteiger partial charge >= 0.3 is 6.61 Å². The topological polar surface area (TPSA) is 30.5 Å². The Labute approximate surface area is 123 Å². The number of thioether (sulfide) groups is 1. The van der Waals surface area contributed by atoms with Crippen molar-refractivity contribution >= 4 is 11.8 Å². The molecule has 0 heterocycles. The SMILES string of the molecule is CCSCC(C)NCc1cccc(OC)c1OC(F)F. The molecule has 114 valence electrons. The summed E-state index contributed by atoms with van der Waals surface area (Å²) >= 11 is 1.84. The predicted octanol–water partition coefficient (Wildman–Crippen LogP) is 3.53. The summed E-state index contributed by atoms with van der Waals surface area (Å²) in [6, 6.07) is 5.43. The van der Waals surface area contributed by atoms with E-state index in [1.165, 1.54) is 7.11 Å². The first-order valence-electron chi connectivity index (χ1n) is 6.50. The molecule has 1 rings (SSSR count). The molecule has 0 aliphatic rings. The van der Waals surface area contributed by atoms with E-state index in [-0.39, 0.29) is 5.75 Å². The van der Waals surface area contributed by atoms with Crippen molar-refractivity contribution in [2.45, 2.75) is 33.0 Å². The third-order valence-electron chi connectivity index (χ3n) is 2.70. The molecule has 0 aliphatic carbocycles. The van der Waals surface area contributed by atoms with Crippen LogP contribution in [0.15, 0.2) is 18.2 Å². The second kappa shape index (κ2) is 9.02. The van der Waals surface area contributed by atoms with Crippen molar-refractivity contribution in [3.63, 3.8) is 0 Å². The molecule has 0 saturated carbocycles. The number of alkyl halides is 2. The molecule has 0 aromatic heterocycles. The molecule has 20 heavy (non-hydrogen) atoms. The monoisotopic (exact) mass is 305 g/mol. The van der Waals surface area contributed by atoms with Crippen LogP contribution in [-0.2, 0) is 6.54 Å². The van der Waals surface area contributed by atoms with Crippen molar-refractivity contribution in [3.8, 4) is 11.5 Å². The predicted molar refractivity (Wildman–Crippen MR) is 78.9 cm³/mol. The van der Waals surface area contributed by atoms with E-state index in [9.17, 15) is 8.78 Å². The minimum atomic E-state index is -2.86. The Morgan fingerprint density at radius 1 is 1.35 bits per heavy atom. The number of ether oxygens (including phenoxy) is 2. The largest absolute Gasteiger partial charge is 0.493 e. The molecule has 0 amide bonds. The highest BCUT2D eigenvalue weighted by atomic mass is 32.2. The summed E-state index contributed by atoms with van der Waals surface area (Å²) in [5.41, 5.74) is 0.665. The highest BCUT2D eigenvalue weighted by molar-refractivity contribution is 7.99. The number of hydrogen-bond acceptors (Lipinski definition) is 4. The van der Waals surface area contributed by atoms with Crippen LogP contribution in [-0.4, -0.2) is 31.3 Å². The molecule has 1 aromatic carbocycles. The second-order valence-corrected chi connectivity index (χ2v) is 5.59. The molecule has 1 atom stereocenters. The standard InChI is InChI=1S/C14H21F2NO2S/c1-4-20-9-10(2)17-8-11-6-5-7-12(18-3)13(11)19-14(15)16/h5-7,10,14,17H,4,8-9H2,1-3H3. The van der Waals surface area contributed by atoms with Crippen molar-refractivity contribution in [2.75, 3.05) is 18.6 Å². The van der Waals surface area contributed by atoms with Gasteiger partial charge in [0.1, 0.15) is 0 Å². The van der Waals surface area contributed by atoms with Crippen LogP contribution < -0.4 is 14.8 Å². The van der Waals surface area contributed by atoms with Crippen LogP contribution in [0.25, 0.3) is 0 Å². The summed E-state index contributed by atoms with van der Waals surface area (Å²) in [7, 11) is 1.44. The summed E-state index contributed by atoms with van der Waals surface area (Å²) in [6.45, 7) is 1.77. The number of halogens is 2. The van der Waals surface area contributed by atoms with Gasteiger partial charge in [0.2, 0.25) is 0 Å². The zero-order valence-corrected chi connectivity index (χ0v) is 12.8. The maximum Gasteiger partial charge on any atom is 0.387 e. The van der Waals surface area contributed by atoms with Gasteiger partial charge in [0, 0.05) is 23.9 Å². The molecule has 1 aromatic rings. The molecule has 1 N–H and O–H groups in total. The third-order valence-corrected chi connectivity index (χ3v) is 3.84. The lowest BCUT2D eigenvalue weighted by Crippen LogP contribution is -2.28. The van der Waals surface area contributed by atoms with Crippen LogP contribution in [0.1, 0.15) is 19.4 Å². The molecule has 3 nitrogen and oxygen atoms in total. The Hall–Kier alpha value is -1.01. The Morgan fingerprint density at radius 2 is 2.10 bits per heavy atom. The summed E-state index contributed by atoms with van der Waals surface area (Å²) in [5.74, 6) is 2.46. The van der Waals surface area contributed by atoms with Crippen LogP contribution in [0.4, 0.5) is 8.78 Å². The first-order chi connectivity index (χ1) is 9.58. The van der Waals surface area contributed by atoms with Gasteiger partial charge in [-0.25, -0.2) is 0 Å². The molecule has 0 spiro atoms. The number of para-hydroxylation sites is 1. The van der Waals surface area contributed by atoms with Crippen molar-refractivity contribution in [2.24, 2.45) is 0 Å². The molecule has 0 fully saturated rings. The second-order valence-electron chi connectivity index (χ2n) is 4.27. The zero-order chi connectivity index (χ0) is 15.0. The van der Waals surface area contributed by atoms with Gasteiger partial charge < -0.3 is 14.8 Å². The first-order valence-corrected chi connectivity index (χ1v) is 7.65. The van der Waals surface area contributed by atoms with E-state index in [0.717, 1.165) is 11.5 Å². The molecule has 0 saturated heterocycles. The fourth-order valence-electron chi connectivity index (χ4n) is 1.72. The third kappa shape index (κ3) is 5.54. The van der Waals surface area contributed by atoms with Crippen molar-refractivity contribution in [1.29, 1.82) is 0 Å². The van der Waals surface area contributed by atoms with Gasteiger partial charge in [-0.05, 0) is 18.7 Å². The molecular formula is C14H21F2NO2S. The normalized spacial score (nSPS) is 12.5. The fourth-order valence-corrected chi connectivity index (χ4v) is 2.43. The summed E-state index contributed by atoms with van der Waals surface area (Å²) in [4.78, 5) is 0. The molecular weight excluding hydrogens is 284 g/mol. The Balaban J connectivity index is 2.72. The average molecular weight is 305 g/mol. The van der Waals surface area contributed by atoms with Gasteiger partial charge in [0.05, 0.1) is 7.11 Å². The molecule has 1 unspecified atom stereocenters.